The number of benzene rings is 2. The molecule has 0 aliphatic heterocycles. The van der Waals surface area contributed by atoms with E-state index in [2.05, 4.69) is 20.8 Å². The highest BCUT2D eigenvalue weighted by Crippen LogP contribution is 2.19. The Morgan fingerprint density at radius 1 is 1.29 bits per heavy atom. The molecule has 1 aromatic heterocycles. The van der Waals surface area contributed by atoms with Crippen molar-refractivity contribution in [1.29, 1.82) is 5.26 Å². The van der Waals surface area contributed by atoms with Crippen LogP contribution in [0.5, 0.6) is 0 Å². The Morgan fingerprint density at radius 3 is 2.89 bits per heavy atom. The van der Waals surface area contributed by atoms with E-state index in [0.717, 1.165) is 10.9 Å². The van der Waals surface area contributed by atoms with Crippen LogP contribution in [0.25, 0.3) is 10.9 Å². The third-order valence-corrected chi connectivity index (χ3v) is 3.86. The van der Waals surface area contributed by atoms with E-state index in [1.165, 1.54) is 6.20 Å². The van der Waals surface area contributed by atoms with Gasteiger partial charge in [0, 0.05) is 17.3 Å². The average Bonchev–Trinajstić information content (AvgIpc) is 3.17. The van der Waals surface area contributed by atoms with Crippen LogP contribution in [0.1, 0.15) is 17.3 Å². The summed E-state index contributed by atoms with van der Waals surface area (Å²) in [6, 6.07) is 13.8. The van der Waals surface area contributed by atoms with Crippen LogP contribution in [0, 0.1) is 11.3 Å². The third-order valence-electron chi connectivity index (χ3n) is 3.86. The summed E-state index contributed by atoms with van der Waals surface area (Å²) in [5, 5.41) is 22.6. The van der Waals surface area contributed by atoms with Gasteiger partial charge in [0.15, 0.2) is 0 Å². The number of amides is 1. The van der Waals surface area contributed by atoms with E-state index in [1.807, 2.05) is 18.2 Å². The van der Waals surface area contributed by atoms with E-state index in [4.69, 9.17) is 4.74 Å². The molecule has 0 aliphatic carbocycles. The van der Waals surface area contributed by atoms with E-state index in [9.17, 15) is 14.9 Å². The number of esters is 1. The van der Waals surface area contributed by atoms with Gasteiger partial charge in [-0.25, -0.2) is 4.79 Å². The number of nitrogens with zero attached hydrogens (tertiary/aromatic N) is 2. The lowest BCUT2D eigenvalue weighted by Crippen LogP contribution is -2.17. The van der Waals surface area contributed by atoms with Crippen molar-refractivity contribution in [1.82, 2.24) is 10.2 Å². The molecule has 28 heavy (non-hydrogen) atoms. The Morgan fingerprint density at radius 2 is 2.11 bits per heavy atom. The molecule has 0 fully saturated rings. The number of hydrogen-bond acceptors (Lipinski definition) is 6. The third kappa shape index (κ3) is 4.16. The highest BCUT2D eigenvalue weighted by molar-refractivity contribution is 6.09. The summed E-state index contributed by atoms with van der Waals surface area (Å²) in [6.45, 7) is 1.91. The predicted octanol–water partition coefficient (Wildman–Crippen LogP) is 3.20. The van der Waals surface area contributed by atoms with Gasteiger partial charge in [-0.05, 0) is 37.3 Å². The summed E-state index contributed by atoms with van der Waals surface area (Å²) in [7, 11) is 0. The fraction of sp³-hybridized carbons (Fsp3) is 0.100. The molecule has 140 valence electrons. The van der Waals surface area contributed by atoms with Gasteiger partial charge in [0.25, 0.3) is 5.91 Å². The lowest BCUT2D eigenvalue weighted by molar-refractivity contribution is -0.112. The quantitative estimate of drug-likeness (QED) is 0.346. The zero-order valence-electron chi connectivity index (χ0n) is 15.0. The molecule has 8 nitrogen and oxygen atoms in total. The number of para-hydroxylation sites is 1. The average molecular weight is 375 g/mol. The molecule has 8 heteroatoms. The molecular weight excluding hydrogens is 358 g/mol. The summed E-state index contributed by atoms with van der Waals surface area (Å²) < 4.78 is 4.98. The number of nitrogens with one attached hydrogen (secondary N) is 3. The maximum atomic E-state index is 12.5. The predicted molar refractivity (Wildman–Crippen MR) is 104 cm³/mol. The number of aromatic amines is 1. The Bertz CT molecular complexity index is 1090. The van der Waals surface area contributed by atoms with Crippen molar-refractivity contribution >= 4 is 34.2 Å². The van der Waals surface area contributed by atoms with Crippen LogP contribution in [0.2, 0.25) is 0 Å². The molecule has 0 saturated heterocycles. The number of carbonyl (C=O) groups excluding carboxylic acids is 2. The van der Waals surface area contributed by atoms with Gasteiger partial charge in [0.1, 0.15) is 11.6 Å². The van der Waals surface area contributed by atoms with Gasteiger partial charge in [-0.2, -0.15) is 10.4 Å². The lowest BCUT2D eigenvalue weighted by Gasteiger charge is -2.10. The number of carbonyl (C=O) groups is 2. The number of ether oxygens (including phenoxy) is 1. The normalized spacial score (nSPS) is 10.9. The van der Waals surface area contributed by atoms with E-state index in [0.29, 0.717) is 5.69 Å². The Kier molecular flexibility index (Phi) is 5.67. The minimum Gasteiger partial charge on any atom is -0.462 e. The number of H-pyrrole nitrogens is 1. The zero-order chi connectivity index (χ0) is 19.9. The van der Waals surface area contributed by atoms with Crippen LogP contribution in [0.15, 0.2) is 60.4 Å². The fourth-order valence-electron chi connectivity index (χ4n) is 2.50. The molecule has 3 N–H and O–H groups in total. The number of hydrogen-bond donors (Lipinski definition) is 3. The molecule has 0 saturated carbocycles. The molecule has 1 heterocycles. The maximum absolute atomic E-state index is 12.5. The van der Waals surface area contributed by atoms with Crippen molar-refractivity contribution in [3.8, 4) is 6.07 Å². The van der Waals surface area contributed by atoms with Crippen molar-refractivity contribution < 1.29 is 14.3 Å². The van der Waals surface area contributed by atoms with Gasteiger partial charge in [-0.1, -0.05) is 12.1 Å². The molecule has 0 atom stereocenters. The van der Waals surface area contributed by atoms with Crippen LogP contribution in [0.3, 0.4) is 0 Å². The molecule has 0 radical (unpaired) electrons. The van der Waals surface area contributed by atoms with Crippen molar-refractivity contribution in [3.63, 3.8) is 0 Å². The second kappa shape index (κ2) is 8.51. The number of nitriles is 1. The summed E-state index contributed by atoms with van der Waals surface area (Å²) in [5.74, 6) is -1.19. The van der Waals surface area contributed by atoms with Crippen LogP contribution in [-0.2, 0) is 9.53 Å². The van der Waals surface area contributed by atoms with E-state index in [-0.39, 0.29) is 23.4 Å². The van der Waals surface area contributed by atoms with Crippen molar-refractivity contribution in [2.75, 3.05) is 17.2 Å². The zero-order valence-corrected chi connectivity index (χ0v) is 15.0. The second-order valence-corrected chi connectivity index (χ2v) is 5.71. The Balaban J connectivity index is 1.76. The van der Waals surface area contributed by atoms with Crippen LogP contribution < -0.4 is 10.6 Å². The van der Waals surface area contributed by atoms with Crippen LogP contribution >= 0.6 is 0 Å². The van der Waals surface area contributed by atoms with Gasteiger partial charge >= 0.3 is 5.97 Å². The second-order valence-electron chi connectivity index (χ2n) is 5.71. The summed E-state index contributed by atoms with van der Waals surface area (Å²) >= 11 is 0. The lowest BCUT2D eigenvalue weighted by atomic mass is 10.1. The summed E-state index contributed by atoms with van der Waals surface area (Å²) in [6.07, 6.45) is 3.00. The van der Waals surface area contributed by atoms with E-state index >= 15 is 0 Å². The fourth-order valence-corrected chi connectivity index (χ4v) is 2.50. The molecule has 1 amide bonds. The van der Waals surface area contributed by atoms with Crippen LogP contribution in [0.4, 0.5) is 11.4 Å². The number of fused-ring (bicyclic) bond motifs is 1. The molecule has 0 spiro atoms. The molecule has 3 aromatic rings. The standard InChI is InChI=1S/C20H17N5O3/c1-2-28-20(27)16-5-3-4-6-17(16)24-19(26)14(10-21)11-22-15-8-7-13-12-23-25-18(13)9-15/h3-9,11-12,22H,2H2,1H3,(H,23,25)(H,24,26)/b14-11-. The van der Waals surface area contributed by atoms with Crippen molar-refractivity contribution in [3.05, 3.63) is 66.0 Å². The van der Waals surface area contributed by atoms with Gasteiger partial charge < -0.3 is 15.4 Å². The highest BCUT2D eigenvalue weighted by atomic mass is 16.5. The molecule has 0 unspecified atom stereocenters. The first-order valence-corrected chi connectivity index (χ1v) is 8.49. The van der Waals surface area contributed by atoms with Crippen molar-refractivity contribution in [2.24, 2.45) is 0 Å². The number of anilines is 2. The summed E-state index contributed by atoms with van der Waals surface area (Å²) in [5.41, 5.74) is 1.84. The summed E-state index contributed by atoms with van der Waals surface area (Å²) in [4.78, 5) is 24.5. The van der Waals surface area contributed by atoms with Crippen molar-refractivity contribution in [2.45, 2.75) is 6.92 Å². The van der Waals surface area contributed by atoms with E-state index in [1.54, 1.807) is 43.5 Å². The molecule has 3 rings (SSSR count). The molecular formula is C20H17N5O3. The monoisotopic (exact) mass is 375 g/mol. The number of aromatic nitrogens is 2. The van der Waals surface area contributed by atoms with Gasteiger partial charge in [-0.15, -0.1) is 0 Å². The first kappa shape index (κ1) is 18.7. The van der Waals surface area contributed by atoms with Gasteiger partial charge in [-0.3, -0.25) is 9.89 Å². The Labute approximate surface area is 160 Å². The Hall–Kier alpha value is -4.12. The molecule has 0 bridgehead atoms. The van der Waals surface area contributed by atoms with Gasteiger partial charge in [0.05, 0.1) is 29.6 Å². The largest absolute Gasteiger partial charge is 0.462 e. The highest BCUT2D eigenvalue weighted by Gasteiger charge is 2.16. The maximum Gasteiger partial charge on any atom is 0.340 e. The first-order valence-electron chi connectivity index (χ1n) is 8.49. The minimum atomic E-state index is -0.644. The van der Waals surface area contributed by atoms with Gasteiger partial charge in [0.2, 0.25) is 0 Å². The van der Waals surface area contributed by atoms with E-state index < -0.39 is 11.9 Å². The smallest absolute Gasteiger partial charge is 0.340 e. The van der Waals surface area contributed by atoms with Crippen LogP contribution in [-0.4, -0.2) is 28.7 Å². The SMILES string of the molecule is CCOC(=O)c1ccccc1NC(=O)/C(C#N)=C\Nc1ccc2cn[nH]c2c1. The minimum absolute atomic E-state index is 0.150. The topological polar surface area (TPSA) is 120 Å². The molecule has 2 aromatic carbocycles. The first-order chi connectivity index (χ1) is 13.6. The number of rotatable bonds is 6. The molecule has 0 aliphatic rings.